The number of aryl methyl sites for hydroxylation is 3. The van der Waals surface area contributed by atoms with Gasteiger partial charge in [0.15, 0.2) is 0 Å². The highest BCUT2D eigenvalue weighted by molar-refractivity contribution is 7.89. The van der Waals surface area contributed by atoms with Crippen LogP contribution in [-0.2, 0) is 38.7 Å². The minimum Gasteiger partial charge on any atom is -0.494 e. The largest absolute Gasteiger partial charge is 0.494 e. The van der Waals surface area contributed by atoms with E-state index in [1.807, 2.05) is 66.9 Å². The second-order valence-electron chi connectivity index (χ2n) is 15.9. The molecule has 14 nitrogen and oxygen atoms in total. The number of amides is 1. The summed E-state index contributed by atoms with van der Waals surface area (Å²) in [6.45, 7) is 4.55. The van der Waals surface area contributed by atoms with E-state index in [1.54, 1.807) is 43.8 Å². The highest BCUT2D eigenvalue weighted by Crippen LogP contribution is 2.42. The van der Waals surface area contributed by atoms with Gasteiger partial charge in [0.1, 0.15) is 28.7 Å². The molecular weight excluding hydrogens is 845 g/mol. The van der Waals surface area contributed by atoms with E-state index in [0.29, 0.717) is 47.7 Å². The fourth-order valence-electron chi connectivity index (χ4n) is 8.29. The first-order valence-corrected chi connectivity index (χ1v) is 22.5. The van der Waals surface area contributed by atoms with Crippen LogP contribution in [0.2, 0.25) is 0 Å². The van der Waals surface area contributed by atoms with Crippen molar-refractivity contribution in [2.75, 3.05) is 18.5 Å². The zero-order valence-corrected chi connectivity index (χ0v) is 37.3. The van der Waals surface area contributed by atoms with Crippen molar-refractivity contribution < 1.29 is 32.6 Å². The average Bonchev–Trinajstić information content (AvgIpc) is 3.76. The number of pyridine rings is 1. The second-order valence-corrected chi connectivity index (χ2v) is 17.5. The van der Waals surface area contributed by atoms with Crippen LogP contribution < -0.4 is 25.5 Å². The molecule has 0 spiro atoms. The predicted molar refractivity (Wildman–Crippen MR) is 249 cm³/mol. The van der Waals surface area contributed by atoms with E-state index in [0.717, 1.165) is 22.3 Å². The first-order chi connectivity index (χ1) is 31.2. The summed E-state index contributed by atoms with van der Waals surface area (Å²) in [6, 6.07) is 37.3. The van der Waals surface area contributed by atoms with Gasteiger partial charge >= 0.3 is 5.97 Å². The van der Waals surface area contributed by atoms with Crippen molar-refractivity contribution in [1.29, 1.82) is 0 Å². The van der Waals surface area contributed by atoms with E-state index >= 15 is 0 Å². The average molecular weight is 895 g/mol. The normalized spacial score (nSPS) is 12.1. The zero-order chi connectivity index (χ0) is 46.3. The second kappa shape index (κ2) is 19.6. The van der Waals surface area contributed by atoms with E-state index in [-0.39, 0.29) is 28.2 Å². The number of hydrogen-bond acceptors (Lipinski definition) is 9. The van der Waals surface area contributed by atoms with E-state index in [2.05, 4.69) is 56.3 Å². The molecule has 0 unspecified atom stereocenters. The highest BCUT2D eigenvalue weighted by Gasteiger charge is 2.40. The summed E-state index contributed by atoms with van der Waals surface area (Å²) < 4.78 is 38.7. The Morgan fingerprint density at radius 1 is 0.846 bits per heavy atom. The number of carboxylic acids is 1. The predicted octanol–water partition coefficient (Wildman–Crippen LogP) is 6.71. The number of anilines is 1. The molecule has 0 bridgehead atoms. The maximum Gasteiger partial charge on any atom is 0.323 e. The third-order valence-corrected chi connectivity index (χ3v) is 13.0. The number of ether oxygens (including phenoxy) is 1. The van der Waals surface area contributed by atoms with Gasteiger partial charge in [0.05, 0.1) is 17.0 Å². The van der Waals surface area contributed by atoms with Crippen molar-refractivity contribution >= 4 is 44.5 Å². The molecule has 15 heteroatoms. The molecule has 0 saturated heterocycles. The molecule has 0 fully saturated rings. The summed E-state index contributed by atoms with van der Waals surface area (Å²) in [5.74, 6) is -1.35. The van der Waals surface area contributed by atoms with E-state index in [9.17, 15) is 32.7 Å². The van der Waals surface area contributed by atoms with Gasteiger partial charge in [0.2, 0.25) is 21.4 Å². The monoisotopic (exact) mass is 894 g/mol. The van der Waals surface area contributed by atoms with Crippen LogP contribution in [0.4, 0.5) is 5.95 Å². The maximum absolute atomic E-state index is 13.8. The number of sulfonamides is 1. The molecule has 334 valence electrons. The first kappa shape index (κ1) is 45.7. The lowest BCUT2D eigenvalue weighted by atomic mass is 9.76. The molecule has 2 aromatic heterocycles. The molecule has 5 aromatic carbocycles. The number of ketones is 1. The number of benzene rings is 5. The Bertz CT molecular complexity index is 2910. The number of rotatable bonds is 19. The number of hydrogen-bond donors (Lipinski definition) is 4. The van der Waals surface area contributed by atoms with Gasteiger partial charge in [-0.05, 0) is 84.8 Å². The lowest BCUT2D eigenvalue weighted by Crippen LogP contribution is -2.49. The van der Waals surface area contributed by atoms with Gasteiger partial charge in [-0.1, -0.05) is 97.1 Å². The van der Waals surface area contributed by atoms with Gasteiger partial charge in [-0.3, -0.25) is 19.0 Å². The Morgan fingerprint density at radius 3 is 1.98 bits per heavy atom. The van der Waals surface area contributed by atoms with Crippen LogP contribution in [0.3, 0.4) is 0 Å². The van der Waals surface area contributed by atoms with Crippen molar-refractivity contribution in [3.8, 4) is 5.75 Å². The lowest BCUT2D eigenvalue weighted by Gasteiger charge is -2.38. The number of nitrogens with one attached hydrogen (secondary N) is 3. The molecule has 0 aliphatic heterocycles. The number of imidazole rings is 1. The van der Waals surface area contributed by atoms with Crippen molar-refractivity contribution in [1.82, 2.24) is 24.2 Å². The van der Waals surface area contributed by atoms with Crippen molar-refractivity contribution in [2.24, 2.45) is 7.05 Å². The Kier molecular flexibility index (Phi) is 13.8. The van der Waals surface area contributed by atoms with Crippen LogP contribution in [-0.4, -0.2) is 64.5 Å². The Labute approximate surface area is 377 Å². The number of carbonyl (C=O) groups is 3. The molecule has 65 heavy (non-hydrogen) atoms. The standard InChI is InChI=1S/C50H50N6O8S/c1-33-27-40(64-26-14-15-35(3)57)28-34(2)46(33)65(62,63)54-43(48(60)61)31-52-47(59)42-32-55(4)44-29-36(22-23-41(44)45(42)58)30-53-49-51-24-25-56(49)50(37-16-8-5-9-17-37,38-18-10-6-11-19-38)39-20-12-7-13-21-39/h5-13,16-25,27-29,32,43,54H,14-15,26,30-31H2,1-4H3,(H,51,53)(H,52,59)(H,60,61)/t43-/m0/s1. The molecule has 0 radical (unpaired) electrons. The minimum atomic E-state index is -4.41. The topological polar surface area (TPSA) is 191 Å². The van der Waals surface area contributed by atoms with Crippen molar-refractivity contribution in [3.05, 3.63) is 189 Å². The number of carbonyl (C=O) groups excluding carboxylic acids is 2. The van der Waals surface area contributed by atoms with Crippen LogP contribution >= 0.6 is 0 Å². The number of aromatic nitrogens is 3. The van der Waals surface area contributed by atoms with Gasteiger partial charge in [0.25, 0.3) is 5.91 Å². The van der Waals surface area contributed by atoms with Crippen LogP contribution in [0.1, 0.15) is 63.5 Å². The van der Waals surface area contributed by atoms with Crippen molar-refractivity contribution in [3.63, 3.8) is 0 Å². The lowest BCUT2D eigenvalue weighted by molar-refractivity contribution is -0.138. The van der Waals surface area contributed by atoms with Crippen LogP contribution in [0.15, 0.2) is 150 Å². The van der Waals surface area contributed by atoms with Crippen molar-refractivity contribution in [2.45, 2.75) is 56.6 Å². The SMILES string of the molecule is CC(=O)CCCOc1cc(C)c(S(=O)(=O)N[C@@H](CNC(=O)c2cn(C)c3cc(CNc4nccn4C(c4ccccc4)(c4ccccc4)c4ccccc4)ccc3c2=O)C(=O)O)c(C)c1. The van der Waals surface area contributed by atoms with Gasteiger partial charge in [-0.2, -0.15) is 4.72 Å². The first-order valence-electron chi connectivity index (χ1n) is 21.0. The van der Waals surface area contributed by atoms with Gasteiger partial charge in [0, 0.05) is 50.5 Å². The number of Topliss-reactive ketones (excluding diaryl/α,β-unsaturated/α-hetero) is 1. The zero-order valence-electron chi connectivity index (χ0n) is 36.4. The van der Waals surface area contributed by atoms with Crippen LogP contribution in [0.5, 0.6) is 5.75 Å². The number of carboxylic acid groups (broad SMARTS) is 1. The number of nitrogens with zero attached hydrogens (tertiary/aromatic N) is 3. The maximum atomic E-state index is 13.8. The van der Waals surface area contributed by atoms with E-state index in [4.69, 9.17) is 9.72 Å². The number of aliphatic carboxylic acids is 1. The Balaban J connectivity index is 1.08. The fourth-order valence-corrected chi connectivity index (χ4v) is 9.93. The third kappa shape index (κ3) is 9.76. The van der Waals surface area contributed by atoms with E-state index in [1.165, 1.54) is 25.3 Å². The molecule has 1 atom stereocenters. The molecular formula is C50H50N6O8S. The molecule has 2 heterocycles. The molecule has 0 saturated carbocycles. The summed E-state index contributed by atoms with van der Waals surface area (Å²) in [6.07, 6.45) is 5.94. The summed E-state index contributed by atoms with van der Waals surface area (Å²) >= 11 is 0. The summed E-state index contributed by atoms with van der Waals surface area (Å²) in [5, 5.41) is 16.2. The molecule has 0 aliphatic carbocycles. The summed E-state index contributed by atoms with van der Waals surface area (Å²) in [5.41, 5.74) is 3.51. The van der Waals surface area contributed by atoms with E-state index < -0.39 is 45.5 Å². The molecule has 1 amide bonds. The smallest absolute Gasteiger partial charge is 0.323 e. The Hall–Kier alpha value is -7.36. The fraction of sp³-hybridized carbons (Fsp3) is 0.220. The quantitative estimate of drug-likeness (QED) is 0.0501. The van der Waals surface area contributed by atoms with Gasteiger partial charge in [-0.25, -0.2) is 13.4 Å². The molecule has 0 aliphatic rings. The van der Waals surface area contributed by atoms with Gasteiger partial charge < -0.3 is 29.8 Å². The molecule has 7 aromatic rings. The highest BCUT2D eigenvalue weighted by atomic mass is 32.2. The number of fused-ring (bicyclic) bond motifs is 1. The molecule has 4 N–H and O–H groups in total. The summed E-state index contributed by atoms with van der Waals surface area (Å²) in [4.78, 5) is 55.5. The van der Waals surface area contributed by atoms with Crippen LogP contribution in [0, 0.1) is 13.8 Å². The minimum absolute atomic E-state index is 0.0343. The summed E-state index contributed by atoms with van der Waals surface area (Å²) in [7, 11) is -2.71. The van der Waals surface area contributed by atoms with Gasteiger partial charge in [-0.15, -0.1) is 0 Å². The Morgan fingerprint density at radius 2 is 1.43 bits per heavy atom. The third-order valence-electron chi connectivity index (χ3n) is 11.2. The molecule has 7 rings (SSSR count). The van der Waals surface area contributed by atoms with Crippen LogP contribution in [0.25, 0.3) is 10.9 Å².